The van der Waals surface area contributed by atoms with E-state index in [2.05, 4.69) is 40.3 Å². The SMILES string of the molecule is CCOc1cc2c(cc1OC)CCN(C(=O)C1CCOCC1)C2CCc1c[nH]c2ccc(OC)cc12. The second-order valence-electron chi connectivity index (χ2n) is 9.58. The van der Waals surface area contributed by atoms with E-state index >= 15 is 0 Å². The van der Waals surface area contributed by atoms with Gasteiger partial charge in [-0.05, 0) is 86.1 Å². The number of rotatable bonds is 8. The minimum atomic E-state index is -0.0234. The summed E-state index contributed by atoms with van der Waals surface area (Å²) in [5.74, 6) is 2.62. The molecule has 0 spiro atoms. The summed E-state index contributed by atoms with van der Waals surface area (Å²) in [6, 6.07) is 10.3. The molecule has 3 heterocycles. The van der Waals surface area contributed by atoms with E-state index in [1.165, 1.54) is 16.7 Å². The molecule has 1 amide bonds. The monoisotopic (exact) mass is 492 g/mol. The second kappa shape index (κ2) is 10.8. The number of aromatic amines is 1. The van der Waals surface area contributed by atoms with Crippen molar-refractivity contribution in [3.8, 4) is 17.2 Å². The zero-order valence-corrected chi connectivity index (χ0v) is 21.5. The van der Waals surface area contributed by atoms with Crippen LogP contribution < -0.4 is 14.2 Å². The summed E-state index contributed by atoms with van der Waals surface area (Å²) >= 11 is 0. The number of hydrogen-bond acceptors (Lipinski definition) is 5. The first-order valence-corrected chi connectivity index (χ1v) is 13.0. The molecule has 2 aliphatic heterocycles. The molecular formula is C29H36N2O5. The van der Waals surface area contributed by atoms with E-state index < -0.39 is 0 Å². The lowest BCUT2D eigenvalue weighted by molar-refractivity contribution is -0.141. The summed E-state index contributed by atoms with van der Waals surface area (Å²) in [7, 11) is 3.37. The first-order chi connectivity index (χ1) is 17.6. The van der Waals surface area contributed by atoms with Crippen molar-refractivity contribution in [2.75, 3.05) is 40.6 Å². The molecule has 192 valence electrons. The number of aryl methyl sites for hydroxylation is 1. The molecule has 1 N–H and O–H groups in total. The van der Waals surface area contributed by atoms with Crippen molar-refractivity contribution < 1.29 is 23.7 Å². The molecule has 1 aromatic heterocycles. The van der Waals surface area contributed by atoms with Gasteiger partial charge < -0.3 is 28.8 Å². The summed E-state index contributed by atoms with van der Waals surface area (Å²) in [6.45, 7) is 4.57. The number of benzene rings is 2. The number of hydrogen-bond donors (Lipinski definition) is 1. The predicted octanol–water partition coefficient (Wildman–Crippen LogP) is 5.07. The normalized spacial score (nSPS) is 18.2. The van der Waals surface area contributed by atoms with Crippen molar-refractivity contribution in [2.24, 2.45) is 5.92 Å². The molecule has 5 rings (SSSR count). The van der Waals surface area contributed by atoms with Crippen LogP contribution in [-0.4, -0.2) is 56.4 Å². The quantitative estimate of drug-likeness (QED) is 0.475. The van der Waals surface area contributed by atoms with Crippen molar-refractivity contribution in [3.63, 3.8) is 0 Å². The molecule has 0 bridgehead atoms. The number of nitrogens with zero attached hydrogens (tertiary/aromatic N) is 1. The molecule has 0 radical (unpaired) electrons. The van der Waals surface area contributed by atoms with Crippen LogP contribution in [0.3, 0.4) is 0 Å². The summed E-state index contributed by atoms with van der Waals surface area (Å²) in [5, 5.41) is 1.16. The Kier molecular flexibility index (Phi) is 7.37. The van der Waals surface area contributed by atoms with Crippen molar-refractivity contribution in [2.45, 2.75) is 45.1 Å². The standard InChI is InChI=1S/C29H36N2O5/c1-4-36-28-17-24-20(15-27(28)34-3)9-12-31(29(32)19-10-13-35-14-11-19)26(24)8-5-21-18-30-25-7-6-22(33-2)16-23(21)25/h6-7,15-19,26,30H,4-5,8-14H2,1-3H3. The molecule has 1 unspecified atom stereocenters. The third-order valence-corrected chi connectivity index (χ3v) is 7.60. The molecule has 7 heteroatoms. The molecule has 36 heavy (non-hydrogen) atoms. The van der Waals surface area contributed by atoms with Crippen molar-refractivity contribution in [1.29, 1.82) is 0 Å². The highest BCUT2D eigenvalue weighted by molar-refractivity contribution is 5.84. The van der Waals surface area contributed by atoms with Crippen LogP contribution >= 0.6 is 0 Å². The van der Waals surface area contributed by atoms with Crippen LogP contribution in [0.5, 0.6) is 17.2 Å². The average Bonchev–Trinajstić information content (AvgIpc) is 3.33. The fourth-order valence-corrected chi connectivity index (χ4v) is 5.67. The Bertz CT molecular complexity index is 1210. The summed E-state index contributed by atoms with van der Waals surface area (Å²) in [5.41, 5.74) is 4.72. The summed E-state index contributed by atoms with van der Waals surface area (Å²) < 4.78 is 22.5. The maximum absolute atomic E-state index is 13.8. The van der Waals surface area contributed by atoms with E-state index in [-0.39, 0.29) is 17.9 Å². The molecular weight excluding hydrogens is 456 g/mol. The smallest absolute Gasteiger partial charge is 0.226 e. The first kappa shape index (κ1) is 24.5. The predicted molar refractivity (Wildman–Crippen MR) is 139 cm³/mol. The van der Waals surface area contributed by atoms with Gasteiger partial charge in [0.2, 0.25) is 5.91 Å². The molecule has 1 saturated heterocycles. The van der Waals surface area contributed by atoms with E-state index in [1.807, 2.05) is 13.0 Å². The van der Waals surface area contributed by atoms with Crippen LogP contribution in [0.1, 0.15) is 48.9 Å². The minimum absolute atomic E-state index is 0.0234. The van der Waals surface area contributed by atoms with Gasteiger partial charge in [-0.25, -0.2) is 0 Å². The fraction of sp³-hybridized carbons (Fsp3) is 0.483. The van der Waals surface area contributed by atoms with Crippen LogP contribution in [0.15, 0.2) is 36.5 Å². The number of carbonyl (C=O) groups excluding carboxylic acids is 1. The Morgan fingerprint density at radius 1 is 1.11 bits per heavy atom. The van der Waals surface area contributed by atoms with Gasteiger partial charge in [0.1, 0.15) is 5.75 Å². The number of H-pyrrole nitrogens is 1. The van der Waals surface area contributed by atoms with Gasteiger partial charge >= 0.3 is 0 Å². The van der Waals surface area contributed by atoms with E-state index in [0.29, 0.717) is 26.4 Å². The van der Waals surface area contributed by atoms with E-state index in [4.69, 9.17) is 18.9 Å². The van der Waals surface area contributed by atoms with Gasteiger partial charge in [-0.2, -0.15) is 0 Å². The third-order valence-electron chi connectivity index (χ3n) is 7.60. The second-order valence-corrected chi connectivity index (χ2v) is 9.58. The van der Waals surface area contributed by atoms with Crippen LogP contribution in [0, 0.1) is 5.92 Å². The van der Waals surface area contributed by atoms with E-state index in [1.54, 1.807) is 14.2 Å². The number of carbonyl (C=O) groups is 1. The summed E-state index contributed by atoms with van der Waals surface area (Å²) in [4.78, 5) is 19.3. The molecule has 1 fully saturated rings. The van der Waals surface area contributed by atoms with Crippen molar-refractivity contribution >= 4 is 16.8 Å². The lowest BCUT2D eigenvalue weighted by atomic mass is 9.86. The molecule has 7 nitrogen and oxygen atoms in total. The topological polar surface area (TPSA) is 73.0 Å². The van der Waals surface area contributed by atoms with Gasteiger partial charge in [-0.15, -0.1) is 0 Å². The number of methoxy groups -OCH3 is 2. The molecule has 0 aliphatic carbocycles. The summed E-state index contributed by atoms with van der Waals surface area (Å²) in [6.07, 6.45) is 6.15. The van der Waals surface area contributed by atoms with Gasteiger partial charge in [0.15, 0.2) is 11.5 Å². The van der Waals surface area contributed by atoms with Gasteiger partial charge in [0.25, 0.3) is 0 Å². The van der Waals surface area contributed by atoms with Crippen molar-refractivity contribution in [1.82, 2.24) is 9.88 Å². The maximum atomic E-state index is 13.8. The highest BCUT2D eigenvalue weighted by atomic mass is 16.5. The average molecular weight is 493 g/mol. The zero-order chi connectivity index (χ0) is 25.1. The number of nitrogens with one attached hydrogen (secondary N) is 1. The van der Waals surface area contributed by atoms with Gasteiger partial charge in [-0.3, -0.25) is 4.79 Å². The lowest BCUT2D eigenvalue weighted by Crippen LogP contribution is -2.44. The van der Waals surface area contributed by atoms with Crippen molar-refractivity contribution in [3.05, 3.63) is 53.2 Å². The van der Waals surface area contributed by atoms with Gasteiger partial charge in [0.05, 0.1) is 26.9 Å². The molecule has 0 saturated carbocycles. The molecule has 1 atom stereocenters. The Hall–Kier alpha value is -3.19. The zero-order valence-electron chi connectivity index (χ0n) is 21.5. The molecule has 3 aromatic rings. The number of aromatic nitrogens is 1. The largest absolute Gasteiger partial charge is 0.497 e. The Labute approximate surface area is 212 Å². The number of amides is 1. The Morgan fingerprint density at radius 3 is 2.69 bits per heavy atom. The lowest BCUT2D eigenvalue weighted by Gasteiger charge is -2.40. The van der Waals surface area contributed by atoms with E-state index in [0.717, 1.165) is 60.3 Å². The number of ether oxygens (including phenoxy) is 4. The van der Waals surface area contributed by atoms with Crippen LogP contribution in [0.4, 0.5) is 0 Å². The first-order valence-electron chi connectivity index (χ1n) is 13.0. The highest BCUT2D eigenvalue weighted by Crippen LogP contribution is 2.41. The Morgan fingerprint density at radius 2 is 1.94 bits per heavy atom. The van der Waals surface area contributed by atoms with Gasteiger partial charge in [-0.1, -0.05) is 0 Å². The minimum Gasteiger partial charge on any atom is -0.497 e. The highest BCUT2D eigenvalue weighted by Gasteiger charge is 2.35. The van der Waals surface area contributed by atoms with Crippen LogP contribution in [-0.2, 0) is 22.4 Å². The molecule has 2 aromatic carbocycles. The molecule has 2 aliphatic rings. The maximum Gasteiger partial charge on any atom is 0.226 e. The third kappa shape index (κ3) is 4.76. The van der Waals surface area contributed by atoms with Gasteiger partial charge in [0, 0.05) is 42.8 Å². The van der Waals surface area contributed by atoms with E-state index in [9.17, 15) is 4.79 Å². The van der Waals surface area contributed by atoms with Crippen LogP contribution in [0.2, 0.25) is 0 Å². The fourth-order valence-electron chi connectivity index (χ4n) is 5.67. The van der Waals surface area contributed by atoms with Crippen LogP contribution in [0.25, 0.3) is 10.9 Å². The Balaban J connectivity index is 1.48. The number of fused-ring (bicyclic) bond motifs is 2.